The third-order valence-electron chi connectivity index (χ3n) is 4.24. The molecule has 0 radical (unpaired) electrons. The van der Waals surface area contributed by atoms with E-state index in [0.717, 1.165) is 18.5 Å². The second-order valence-corrected chi connectivity index (χ2v) is 7.74. The van der Waals surface area contributed by atoms with E-state index < -0.39 is 10.0 Å². The molecule has 1 heterocycles. The molecule has 1 unspecified atom stereocenters. The molecule has 22 heavy (non-hydrogen) atoms. The second-order valence-electron chi connectivity index (χ2n) is 5.81. The van der Waals surface area contributed by atoms with Crippen LogP contribution in [0.5, 0.6) is 0 Å². The van der Waals surface area contributed by atoms with Crippen molar-refractivity contribution in [3.05, 3.63) is 29.8 Å². The van der Waals surface area contributed by atoms with Crippen LogP contribution in [0.3, 0.4) is 0 Å². The molecule has 1 aliphatic heterocycles. The normalized spacial score (nSPS) is 15.9. The van der Waals surface area contributed by atoms with Gasteiger partial charge in [0.05, 0.1) is 6.26 Å². The monoisotopic (exact) mass is 324 g/mol. The van der Waals surface area contributed by atoms with Gasteiger partial charge in [0.15, 0.2) is 0 Å². The van der Waals surface area contributed by atoms with E-state index in [1.807, 2.05) is 38.1 Å². The van der Waals surface area contributed by atoms with Gasteiger partial charge in [0.1, 0.15) is 0 Å². The summed E-state index contributed by atoms with van der Waals surface area (Å²) >= 11 is 0. The van der Waals surface area contributed by atoms with Crippen molar-refractivity contribution in [1.29, 1.82) is 0 Å². The lowest BCUT2D eigenvalue weighted by molar-refractivity contribution is -0.118. The van der Waals surface area contributed by atoms with Gasteiger partial charge in [-0.1, -0.05) is 25.1 Å². The predicted octanol–water partition coefficient (Wildman–Crippen LogP) is 2.03. The summed E-state index contributed by atoms with van der Waals surface area (Å²) < 4.78 is 25.2. The van der Waals surface area contributed by atoms with Crippen LogP contribution in [0, 0.1) is 0 Å². The Kier molecular flexibility index (Phi) is 5.24. The highest BCUT2D eigenvalue weighted by Gasteiger charge is 2.27. The Morgan fingerprint density at radius 1 is 1.36 bits per heavy atom. The highest BCUT2D eigenvalue weighted by Crippen LogP contribution is 2.28. The molecule has 5 nitrogen and oxygen atoms in total. The van der Waals surface area contributed by atoms with Crippen LogP contribution in [0.15, 0.2) is 24.3 Å². The van der Waals surface area contributed by atoms with Crippen molar-refractivity contribution in [2.24, 2.45) is 0 Å². The third kappa shape index (κ3) is 3.67. The summed E-state index contributed by atoms with van der Waals surface area (Å²) in [5, 5.41) is 0. The van der Waals surface area contributed by atoms with Crippen molar-refractivity contribution in [3.8, 4) is 0 Å². The molecule has 1 aromatic rings. The number of sulfonamides is 1. The molecule has 0 bridgehead atoms. The van der Waals surface area contributed by atoms with Crippen molar-refractivity contribution >= 4 is 21.6 Å². The standard InChI is InChI=1S/C16H24N2O3S/c1-4-13(2)18(22(3,20)21)12-10-16(19)17-11-9-14-7-5-6-8-15(14)17/h5-8,13H,4,9-12H2,1-3H3. The molecule has 0 fully saturated rings. The minimum absolute atomic E-state index is 0.0121. The number of amides is 1. The van der Waals surface area contributed by atoms with Gasteiger partial charge in [-0.3, -0.25) is 4.79 Å². The first-order valence-corrected chi connectivity index (χ1v) is 9.54. The molecule has 0 saturated heterocycles. The Labute approximate surface area is 133 Å². The summed E-state index contributed by atoms with van der Waals surface area (Å²) in [5.74, 6) is -0.0121. The van der Waals surface area contributed by atoms with Crippen LogP contribution in [0.25, 0.3) is 0 Å². The minimum atomic E-state index is -3.29. The molecule has 1 atom stereocenters. The van der Waals surface area contributed by atoms with Crippen LogP contribution in [-0.4, -0.2) is 44.0 Å². The molecule has 0 aromatic heterocycles. The number of hydrogen-bond acceptors (Lipinski definition) is 3. The number of carbonyl (C=O) groups is 1. The van der Waals surface area contributed by atoms with Crippen molar-refractivity contribution in [2.75, 3.05) is 24.2 Å². The van der Waals surface area contributed by atoms with Crippen LogP contribution in [-0.2, 0) is 21.2 Å². The van der Waals surface area contributed by atoms with Gasteiger partial charge >= 0.3 is 0 Å². The van der Waals surface area contributed by atoms with Crippen LogP contribution in [0.2, 0.25) is 0 Å². The summed E-state index contributed by atoms with van der Waals surface area (Å²) in [6.45, 7) is 4.74. The lowest BCUT2D eigenvalue weighted by atomic mass is 10.2. The van der Waals surface area contributed by atoms with Crippen LogP contribution in [0.4, 0.5) is 5.69 Å². The number of fused-ring (bicyclic) bond motifs is 1. The zero-order valence-electron chi connectivity index (χ0n) is 13.4. The molecule has 1 amide bonds. The van der Waals surface area contributed by atoms with Gasteiger partial charge in [-0.2, -0.15) is 4.31 Å². The van der Waals surface area contributed by atoms with Gasteiger partial charge in [0, 0.05) is 31.2 Å². The molecule has 6 heteroatoms. The number of nitrogens with zero attached hydrogens (tertiary/aromatic N) is 2. The first-order chi connectivity index (χ1) is 10.3. The molecular weight excluding hydrogens is 300 g/mol. The van der Waals surface area contributed by atoms with Gasteiger partial charge in [-0.05, 0) is 31.4 Å². The fourth-order valence-electron chi connectivity index (χ4n) is 2.85. The summed E-state index contributed by atoms with van der Waals surface area (Å²) in [6, 6.07) is 7.79. The van der Waals surface area contributed by atoms with E-state index >= 15 is 0 Å². The van der Waals surface area contributed by atoms with Crippen LogP contribution >= 0.6 is 0 Å². The Morgan fingerprint density at radius 3 is 2.68 bits per heavy atom. The van der Waals surface area contributed by atoms with Crippen molar-refractivity contribution in [2.45, 2.75) is 39.2 Å². The van der Waals surface area contributed by atoms with Crippen molar-refractivity contribution in [3.63, 3.8) is 0 Å². The molecule has 122 valence electrons. The van der Waals surface area contributed by atoms with Gasteiger partial charge in [0.25, 0.3) is 0 Å². The van der Waals surface area contributed by atoms with Gasteiger partial charge < -0.3 is 4.90 Å². The number of anilines is 1. The smallest absolute Gasteiger partial charge is 0.228 e. The molecule has 0 spiro atoms. The maximum Gasteiger partial charge on any atom is 0.228 e. The zero-order chi connectivity index (χ0) is 16.3. The Hall–Kier alpha value is -1.40. The largest absolute Gasteiger partial charge is 0.312 e. The number of carbonyl (C=O) groups excluding carboxylic acids is 1. The summed E-state index contributed by atoms with van der Waals surface area (Å²) in [7, 11) is -3.29. The van der Waals surface area contributed by atoms with E-state index in [1.165, 1.54) is 16.1 Å². The van der Waals surface area contributed by atoms with Gasteiger partial charge in [0.2, 0.25) is 15.9 Å². The van der Waals surface area contributed by atoms with E-state index in [2.05, 4.69) is 0 Å². The molecule has 1 aliphatic rings. The molecule has 0 saturated carbocycles. The average Bonchev–Trinajstić information content (AvgIpc) is 2.89. The summed E-state index contributed by atoms with van der Waals surface area (Å²) in [6.07, 6.45) is 3.01. The summed E-state index contributed by atoms with van der Waals surface area (Å²) in [4.78, 5) is 14.2. The van der Waals surface area contributed by atoms with E-state index in [4.69, 9.17) is 0 Å². The first-order valence-electron chi connectivity index (χ1n) is 7.69. The molecule has 0 aliphatic carbocycles. The Morgan fingerprint density at radius 2 is 2.05 bits per heavy atom. The average molecular weight is 324 g/mol. The maximum atomic E-state index is 12.5. The Balaban J connectivity index is 2.04. The number of benzene rings is 1. The van der Waals surface area contributed by atoms with Crippen LogP contribution in [0.1, 0.15) is 32.3 Å². The number of hydrogen-bond donors (Lipinski definition) is 0. The van der Waals surface area contributed by atoms with Crippen molar-refractivity contribution < 1.29 is 13.2 Å². The summed E-state index contributed by atoms with van der Waals surface area (Å²) in [5.41, 5.74) is 2.14. The molecule has 1 aromatic carbocycles. The number of rotatable bonds is 6. The molecule has 2 rings (SSSR count). The number of para-hydroxylation sites is 1. The van der Waals surface area contributed by atoms with E-state index in [-0.39, 0.29) is 24.9 Å². The maximum absolute atomic E-state index is 12.5. The van der Waals surface area contributed by atoms with Crippen molar-refractivity contribution in [1.82, 2.24) is 4.31 Å². The van der Waals surface area contributed by atoms with E-state index in [1.54, 1.807) is 4.90 Å². The zero-order valence-corrected chi connectivity index (χ0v) is 14.3. The first kappa shape index (κ1) is 17.0. The minimum Gasteiger partial charge on any atom is -0.312 e. The van der Waals surface area contributed by atoms with Crippen LogP contribution < -0.4 is 4.90 Å². The Bertz CT molecular complexity index is 643. The lowest BCUT2D eigenvalue weighted by Gasteiger charge is -2.26. The molecule has 0 N–H and O–H groups in total. The SMILES string of the molecule is CCC(C)N(CCC(=O)N1CCc2ccccc21)S(C)(=O)=O. The second kappa shape index (κ2) is 6.79. The highest BCUT2D eigenvalue weighted by atomic mass is 32.2. The fraction of sp³-hybridized carbons (Fsp3) is 0.562. The highest BCUT2D eigenvalue weighted by molar-refractivity contribution is 7.88. The quantitative estimate of drug-likeness (QED) is 0.804. The predicted molar refractivity (Wildman–Crippen MR) is 88.4 cm³/mol. The lowest BCUT2D eigenvalue weighted by Crippen LogP contribution is -2.40. The van der Waals surface area contributed by atoms with Gasteiger partial charge in [-0.25, -0.2) is 8.42 Å². The van der Waals surface area contributed by atoms with Gasteiger partial charge in [-0.15, -0.1) is 0 Å². The topological polar surface area (TPSA) is 57.7 Å². The fourth-order valence-corrected chi connectivity index (χ4v) is 4.08. The molecular formula is C16H24N2O3S. The van der Waals surface area contributed by atoms with E-state index in [9.17, 15) is 13.2 Å². The van der Waals surface area contributed by atoms with E-state index in [0.29, 0.717) is 6.54 Å². The third-order valence-corrected chi connectivity index (χ3v) is 5.64.